The van der Waals surface area contributed by atoms with Crippen molar-refractivity contribution in [1.29, 1.82) is 0 Å². The number of sulfonamides is 1. The second-order valence-electron chi connectivity index (χ2n) is 3.45. The van der Waals surface area contributed by atoms with Crippen LogP contribution < -0.4 is 4.72 Å². The molecule has 1 rings (SSSR count). The van der Waals surface area contributed by atoms with Crippen molar-refractivity contribution in [3.8, 4) is 0 Å². The molecule has 0 aromatic carbocycles. The Hall–Kier alpha value is -0.440. The first-order chi connectivity index (χ1) is 8.97. The van der Waals surface area contributed by atoms with Crippen molar-refractivity contribution in [2.75, 3.05) is 33.5 Å². The molecular weight excluding hydrogens is 315 g/mol. The maximum atomic E-state index is 11.9. The van der Waals surface area contributed by atoms with Gasteiger partial charge in [-0.3, -0.25) is 0 Å². The van der Waals surface area contributed by atoms with Gasteiger partial charge in [0.05, 0.1) is 24.8 Å². The van der Waals surface area contributed by atoms with E-state index in [1.807, 2.05) is 0 Å². The zero-order valence-corrected chi connectivity index (χ0v) is 12.6. The van der Waals surface area contributed by atoms with Crippen molar-refractivity contribution in [2.45, 2.75) is 4.90 Å². The predicted octanol–water partition coefficient (Wildman–Crippen LogP) is 1.33. The normalized spacial score (nSPS) is 11.7. The van der Waals surface area contributed by atoms with E-state index < -0.39 is 10.0 Å². The molecule has 1 aromatic rings. The summed E-state index contributed by atoms with van der Waals surface area (Å²) in [7, 11) is -2.10. The molecule has 0 amide bonds. The number of aromatic nitrogens is 1. The van der Waals surface area contributed by atoms with Crippen LogP contribution >= 0.6 is 23.2 Å². The van der Waals surface area contributed by atoms with E-state index in [1.165, 1.54) is 6.07 Å². The first kappa shape index (κ1) is 16.6. The summed E-state index contributed by atoms with van der Waals surface area (Å²) in [5, 5.41) is 0.143. The number of pyridine rings is 1. The van der Waals surface area contributed by atoms with Crippen LogP contribution in [0.4, 0.5) is 0 Å². The van der Waals surface area contributed by atoms with Crippen molar-refractivity contribution in [1.82, 2.24) is 9.71 Å². The molecule has 1 N–H and O–H groups in total. The van der Waals surface area contributed by atoms with Crippen LogP contribution in [0, 0.1) is 0 Å². The minimum absolute atomic E-state index is 0.0428. The van der Waals surface area contributed by atoms with Gasteiger partial charge in [0.1, 0.15) is 10.0 Å². The molecule has 0 fully saturated rings. The fourth-order valence-electron chi connectivity index (χ4n) is 1.13. The van der Waals surface area contributed by atoms with Gasteiger partial charge in [0.2, 0.25) is 10.0 Å². The van der Waals surface area contributed by atoms with Gasteiger partial charge in [-0.25, -0.2) is 18.1 Å². The quantitative estimate of drug-likeness (QED) is 0.575. The second kappa shape index (κ2) is 7.98. The van der Waals surface area contributed by atoms with E-state index in [2.05, 4.69) is 9.71 Å². The average Bonchev–Trinajstić information content (AvgIpc) is 2.36. The van der Waals surface area contributed by atoms with Crippen LogP contribution in [0.2, 0.25) is 10.2 Å². The molecular formula is C10H14Cl2N2O4S. The van der Waals surface area contributed by atoms with Gasteiger partial charge in [-0.05, 0) is 6.07 Å². The minimum atomic E-state index is -3.66. The third-order valence-corrected chi connectivity index (χ3v) is 4.17. The first-order valence-corrected chi connectivity index (χ1v) is 7.58. The summed E-state index contributed by atoms with van der Waals surface area (Å²) in [6, 6.07) is 1.24. The van der Waals surface area contributed by atoms with Crippen LogP contribution in [0.1, 0.15) is 0 Å². The lowest BCUT2D eigenvalue weighted by atomic mass is 10.5. The summed E-state index contributed by atoms with van der Waals surface area (Å²) in [5.74, 6) is 0. The van der Waals surface area contributed by atoms with Crippen molar-refractivity contribution in [3.05, 3.63) is 22.4 Å². The van der Waals surface area contributed by atoms with Gasteiger partial charge in [0.25, 0.3) is 0 Å². The van der Waals surface area contributed by atoms with Gasteiger partial charge >= 0.3 is 0 Å². The zero-order valence-electron chi connectivity index (χ0n) is 10.2. The minimum Gasteiger partial charge on any atom is -0.382 e. The van der Waals surface area contributed by atoms with Crippen LogP contribution in [0.3, 0.4) is 0 Å². The maximum absolute atomic E-state index is 11.9. The fraction of sp³-hybridized carbons (Fsp3) is 0.500. The molecule has 0 unspecified atom stereocenters. The summed E-state index contributed by atoms with van der Waals surface area (Å²) in [5.41, 5.74) is 0. The molecule has 0 radical (unpaired) electrons. The monoisotopic (exact) mass is 328 g/mol. The summed E-state index contributed by atoms with van der Waals surface area (Å²) in [6.07, 6.45) is 1.14. The molecule has 0 aliphatic heterocycles. The van der Waals surface area contributed by atoms with E-state index >= 15 is 0 Å². The van der Waals surface area contributed by atoms with Crippen LogP contribution in [-0.2, 0) is 19.5 Å². The van der Waals surface area contributed by atoms with Crippen molar-refractivity contribution in [3.63, 3.8) is 0 Å². The number of hydrogen-bond donors (Lipinski definition) is 1. The highest BCUT2D eigenvalue weighted by molar-refractivity contribution is 7.89. The van der Waals surface area contributed by atoms with E-state index in [4.69, 9.17) is 32.7 Å². The van der Waals surface area contributed by atoms with E-state index in [0.717, 1.165) is 6.20 Å². The number of nitrogens with one attached hydrogen (secondary N) is 1. The lowest BCUT2D eigenvalue weighted by Crippen LogP contribution is -2.28. The summed E-state index contributed by atoms with van der Waals surface area (Å²) in [4.78, 5) is 3.64. The molecule has 108 valence electrons. The van der Waals surface area contributed by atoms with Gasteiger partial charge in [-0.15, -0.1) is 0 Å². The number of nitrogens with zero attached hydrogens (tertiary/aromatic N) is 1. The first-order valence-electron chi connectivity index (χ1n) is 5.35. The van der Waals surface area contributed by atoms with E-state index in [-0.39, 0.29) is 28.2 Å². The summed E-state index contributed by atoms with van der Waals surface area (Å²) >= 11 is 11.3. The Kier molecular flexibility index (Phi) is 6.98. The topological polar surface area (TPSA) is 77.5 Å². The highest BCUT2D eigenvalue weighted by Crippen LogP contribution is 2.21. The second-order valence-corrected chi connectivity index (χ2v) is 5.98. The number of halogens is 2. The number of methoxy groups -OCH3 is 1. The number of ether oxygens (including phenoxy) is 2. The lowest BCUT2D eigenvalue weighted by Gasteiger charge is -2.07. The van der Waals surface area contributed by atoms with Gasteiger partial charge in [0, 0.05) is 19.9 Å². The molecule has 0 bridgehead atoms. The molecule has 1 aromatic heterocycles. The van der Waals surface area contributed by atoms with Crippen LogP contribution in [-0.4, -0.2) is 46.9 Å². The highest BCUT2D eigenvalue weighted by Gasteiger charge is 2.15. The Morgan fingerprint density at radius 2 is 2.05 bits per heavy atom. The predicted molar refractivity (Wildman–Crippen MR) is 72.1 cm³/mol. The number of hydrogen-bond acceptors (Lipinski definition) is 5. The molecule has 1 heterocycles. The van der Waals surface area contributed by atoms with Crippen LogP contribution in [0.15, 0.2) is 17.2 Å². The molecule has 0 saturated heterocycles. The zero-order chi connectivity index (χ0) is 14.3. The lowest BCUT2D eigenvalue weighted by molar-refractivity contribution is 0.0736. The summed E-state index contributed by atoms with van der Waals surface area (Å²) in [6.45, 7) is 1.26. The highest BCUT2D eigenvalue weighted by atomic mass is 35.5. The number of rotatable bonds is 8. The summed E-state index contributed by atoms with van der Waals surface area (Å²) < 4.78 is 36.0. The SMILES string of the molecule is COCCOCCNS(=O)(=O)c1cnc(Cl)c(Cl)c1. The Morgan fingerprint density at radius 3 is 2.68 bits per heavy atom. The van der Waals surface area contributed by atoms with Crippen molar-refractivity contribution in [2.24, 2.45) is 0 Å². The van der Waals surface area contributed by atoms with E-state index in [9.17, 15) is 8.42 Å². The third-order valence-electron chi connectivity index (χ3n) is 2.05. The average molecular weight is 329 g/mol. The molecule has 0 atom stereocenters. The Morgan fingerprint density at radius 1 is 1.32 bits per heavy atom. The molecule has 19 heavy (non-hydrogen) atoms. The Labute approximate surface area is 122 Å². The van der Waals surface area contributed by atoms with Gasteiger partial charge in [-0.1, -0.05) is 23.2 Å². The molecule has 0 saturated carbocycles. The molecule has 6 nitrogen and oxygen atoms in total. The van der Waals surface area contributed by atoms with E-state index in [0.29, 0.717) is 13.2 Å². The molecule has 0 aliphatic rings. The van der Waals surface area contributed by atoms with Gasteiger partial charge in [0.15, 0.2) is 0 Å². The standard InChI is InChI=1S/C10H14Cl2N2O4S/c1-17-4-5-18-3-2-14-19(15,16)8-6-9(11)10(12)13-7-8/h6-7,14H,2-5H2,1H3. The van der Waals surface area contributed by atoms with E-state index in [1.54, 1.807) is 7.11 Å². The largest absolute Gasteiger partial charge is 0.382 e. The fourth-order valence-corrected chi connectivity index (χ4v) is 2.44. The van der Waals surface area contributed by atoms with Crippen molar-refractivity contribution < 1.29 is 17.9 Å². The maximum Gasteiger partial charge on any atom is 0.242 e. The Balaban J connectivity index is 2.49. The smallest absolute Gasteiger partial charge is 0.242 e. The van der Waals surface area contributed by atoms with Crippen LogP contribution in [0.5, 0.6) is 0 Å². The molecule has 0 aliphatic carbocycles. The Bertz CT molecular complexity index is 510. The van der Waals surface area contributed by atoms with Crippen molar-refractivity contribution >= 4 is 33.2 Å². The van der Waals surface area contributed by atoms with Crippen LogP contribution in [0.25, 0.3) is 0 Å². The molecule has 0 spiro atoms. The van der Waals surface area contributed by atoms with Gasteiger partial charge in [-0.2, -0.15) is 0 Å². The molecule has 9 heteroatoms. The van der Waals surface area contributed by atoms with Gasteiger partial charge < -0.3 is 9.47 Å². The third kappa shape index (κ3) is 5.60.